The molecule has 4 heteroatoms. The van der Waals surface area contributed by atoms with Gasteiger partial charge >= 0.3 is 0 Å². The van der Waals surface area contributed by atoms with Gasteiger partial charge in [-0.1, -0.05) is 34.1 Å². The molecule has 0 aliphatic rings. The Morgan fingerprint density at radius 1 is 1.22 bits per heavy atom. The molecule has 0 saturated carbocycles. The van der Waals surface area contributed by atoms with Crippen LogP contribution in [-0.4, -0.2) is 12.2 Å². The number of nitrogens with zero attached hydrogens (tertiary/aromatic N) is 1. The average molecular weight is 310 g/mol. The Kier molecular flexibility index (Phi) is 3.99. The third-order valence-corrected chi connectivity index (χ3v) is 3.55. The van der Waals surface area contributed by atoms with Crippen LogP contribution in [0.5, 0.6) is 0 Å². The molecule has 0 fully saturated rings. The Labute approximate surface area is 114 Å². The molecule has 0 heterocycles. The summed E-state index contributed by atoms with van der Waals surface area (Å²) >= 11 is 3.39. The van der Waals surface area contributed by atoms with Gasteiger partial charge in [0.2, 0.25) is 0 Å². The molecule has 0 aliphatic heterocycles. The second-order valence-corrected chi connectivity index (χ2v) is 4.80. The van der Waals surface area contributed by atoms with Crippen LogP contribution in [0.25, 0.3) is 0 Å². The summed E-state index contributed by atoms with van der Waals surface area (Å²) in [4.78, 5) is 1.77. The number of halogens is 2. The van der Waals surface area contributed by atoms with Gasteiger partial charge in [0, 0.05) is 17.2 Å². The summed E-state index contributed by atoms with van der Waals surface area (Å²) in [5.74, 6) is -0.262. The molecule has 2 aromatic carbocycles. The van der Waals surface area contributed by atoms with Gasteiger partial charge in [0.15, 0.2) is 0 Å². The van der Waals surface area contributed by atoms with Crippen LogP contribution in [0.15, 0.2) is 46.9 Å². The third kappa shape index (κ3) is 2.54. The van der Waals surface area contributed by atoms with E-state index in [9.17, 15) is 4.39 Å². The van der Waals surface area contributed by atoms with Gasteiger partial charge < -0.3 is 10.0 Å². The number of anilines is 2. The average Bonchev–Trinajstić information content (AvgIpc) is 2.38. The quantitative estimate of drug-likeness (QED) is 0.931. The largest absolute Gasteiger partial charge is 0.392 e. The van der Waals surface area contributed by atoms with Gasteiger partial charge in [-0.25, -0.2) is 4.39 Å². The number of hydrogen-bond acceptors (Lipinski definition) is 2. The first-order valence-electron chi connectivity index (χ1n) is 5.51. The Balaban J connectivity index is 2.37. The topological polar surface area (TPSA) is 23.5 Å². The van der Waals surface area contributed by atoms with E-state index in [4.69, 9.17) is 5.11 Å². The predicted octanol–water partition coefficient (Wildman–Crippen LogP) is 3.85. The maximum absolute atomic E-state index is 13.7. The van der Waals surface area contributed by atoms with Gasteiger partial charge in [0.05, 0.1) is 12.3 Å². The summed E-state index contributed by atoms with van der Waals surface area (Å²) in [6, 6.07) is 12.1. The summed E-state index contributed by atoms with van der Waals surface area (Å²) < 4.78 is 14.5. The number of aliphatic hydroxyl groups excluding tert-OH is 1. The molecular formula is C14H13BrFNO. The third-order valence-electron chi connectivity index (χ3n) is 2.81. The molecular weight excluding hydrogens is 297 g/mol. The minimum atomic E-state index is -0.262. The van der Waals surface area contributed by atoms with E-state index in [0.717, 1.165) is 15.7 Å². The van der Waals surface area contributed by atoms with E-state index >= 15 is 0 Å². The first-order valence-corrected chi connectivity index (χ1v) is 6.30. The van der Waals surface area contributed by atoms with Gasteiger partial charge in [-0.05, 0) is 29.8 Å². The van der Waals surface area contributed by atoms with E-state index in [2.05, 4.69) is 15.9 Å². The van der Waals surface area contributed by atoms with Crippen LogP contribution >= 0.6 is 15.9 Å². The number of hydrogen-bond donors (Lipinski definition) is 1. The number of benzene rings is 2. The number of aliphatic hydroxyl groups is 1. The van der Waals surface area contributed by atoms with Crippen LogP contribution in [-0.2, 0) is 6.61 Å². The van der Waals surface area contributed by atoms with E-state index in [0.29, 0.717) is 5.69 Å². The highest BCUT2D eigenvalue weighted by Crippen LogP contribution is 2.29. The Bertz CT molecular complexity index is 559. The first kappa shape index (κ1) is 13.1. The Hall–Kier alpha value is -1.39. The van der Waals surface area contributed by atoms with Crippen molar-refractivity contribution in [2.75, 3.05) is 11.9 Å². The van der Waals surface area contributed by atoms with Crippen molar-refractivity contribution in [1.29, 1.82) is 0 Å². The molecule has 94 valence electrons. The van der Waals surface area contributed by atoms with Crippen molar-refractivity contribution in [1.82, 2.24) is 0 Å². The van der Waals surface area contributed by atoms with E-state index in [1.807, 2.05) is 18.2 Å². The van der Waals surface area contributed by atoms with Crippen molar-refractivity contribution in [3.63, 3.8) is 0 Å². The highest BCUT2D eigenvalue weighted by Gasteiger charge is 2.10. The lowest BCUT2D eigenvalue weighted by Crippen LogP contribution is -2.11. The normalized spacial score (nSPS) is 10.4. The molecule has 2 rings (SSSR count). The molecule has 2 aromatic rings. The van der Waals surface area contributed by atoms with Crippen LogP contribution in [0, 0.1) is 5.82 Å². The number of rotatable bonds is 3. The van der Waals surface area contributed by atoms with E-state index < -0.39 is 0 Å². The molecule has 0 saturated heterocycles. The molecule has 0 bridgehead atoms. The van der Waals surface area contributed by atoms with Crippen LogP contribution in [0.4, 0.5) is 15.8 Å². The van der Waals surface area contributed by atoms with Crippen LogP contribution in [0.3, 0.4) is 0 Å². The van der Waals surface area contributed by atoms with Crippen LogP contribution in [0.2, 0.25) is 0 Å². The van der Waals surface area contributed by atoms with Crippen molar-refractivity contribution >= 4 is 27.3 Å². The summed E-state index contributed by atoms with van der Waals surface area (Å²) in [6.45, 7) is -0.0235. The highest BCUT2D eigenvalue weighted by molar-refractivity contribution is 9.10. The zero-order valence-electron chi connectivity index (χ0n) is 9.90. The van der Waals surface area contributed by atoms with Gasteiger partial charge in [-0.2, -0.15) is 0 Å². The van der Waals surface area contributed by atoms with Crippen molar-refractivity contribution in [2.45, 2.75) is 6.61 Å². The van der Waals surface area contributed by atoms with Crippen molar-refractivity contribution < 1.29 is 9.50 Å². The lowest BCUT2D eigenvalue weighted by Gasteiger charge is -2.20. The molecule has 2 nitrogen and oxygen atoms in total. The van der Waals surface area contributed by atoms with E-state index in [1.54, 1.807) is 30.1 Å². The van der Waals surface area contributed by atoms with Crippen molar-refractivity contribution in [3.8, 4) is 0 Å². The van der Waals surface area contributed by atoms with Crippen LogP contribution < -0.4 is 4.90 Å². The Morgan fingerprint density at radius 2 is 1.94 bits per heavy atom. The zero-order chi connectivity index (χ0) is 13.1. The minimum Gasteiger partial charge on any atom is -0.392 e. The van der Waals surface area contributed by atoms with E-state index in [-0.39, 0.29) is 12.4 Å². The molecule has 0 aliphatic carbocycles. The maximum Gasteiger partial charge on any atom is 0.146 e. The molecule has 0 unspecified atom stereocenters. The summed E-state index contributed by atoms with van der Waals surface area (Å²) in [6.07, 6.45) is 0. The second-order valence-electron chi connectivity index (χ2n) is 3.94. The lowest BCUT2D eigenvalue weighted by molar-refractivity contribution is 0.281. The maximum atomic E-state index is 13.7. The predicted molar refractivity (Wildman–Crippen MR) is 74.5 cm³/mol. The monoisotopic (exact) mass is 309 g/mol. The van der Waals surface area contributed by atoms with Gasteiger partial charge in [-0.3, -0.25) is 0 Å². The molecule has 0 spiro atoms. The van der Waals surface area contributed by atoms with Crippen molar-refractivity contribution in [2.24, 2.45) is 0 Å². The molecule has 0 aromatic heterocycles. The molecule has 1 N–H and O–H groups in total. The van der Waals surface area contributed by atoms with Crippen molar-refractivity contribution in [3.05, 3.63) is 58.3 Å². The molecule has 0 atom stereocenters. The van der Waals surface area contributed by atoms with Gasteiger partial charge in [0.1, 0.15) is 5.82 Å². The summed E-state index contributed by atoms with van der Waals surface area (Å²) in [7, 11) is 1.80. The molecule has 0 radical (unpaired) electrons. The highest BCUT2D eigenvalue weighted by atomic mass is 79.9. The fourth-order valence-electron chi connectivity index (χ4n) is 1.74. The fourth-order valence-corrected chi connectivity index (χ4v) is 2.23. The standard InChI is InChI=1S/C14H13BrFNO/c1-17(14-5-3-2-4-13(14)16)11-7-6-10(9-18)12(15)8-11/h2-8,18H,9H2,1H3. The number of para-hydroxylation sites is 1. The van der Waals surface area contributed by atoms with Gasteiger partial charge in [-0.15, -0.1) is 0 Å². The SMILES string of the molecule is CN(c1ccc(CO)c(Br)c1)c1ccccc1F. The minimum absolute atomic E-state index is 0.0235. The zero-order valence-corrected chi connectivity index (χ0v) is 11.5. The second kappa shape index (κ2) is 5.50. The smallest absolute Gasteiger partial charge is 0.146 e. The summed E-state index contributed by atoms with van der Waals surface area (Å²) in [5, 5.41) is 9.11. The lowest BCUT2D eigenvalue weighted by atomic mass is 10.2. The van der Waals surface area contributed by atoms with Gasteiger partial charge in [0.25, 0.3) is 0 Å². The van der Waals surface area contributed by atoms with E-state index in [1.165, 1.54) is 6.07 Å². The van der Waals surface area contributed by atoms with Crippen LogP contribution in [0.1, 0.15) is 5.56 Å². The summed E-state index contributed by atoms with van der Waals surface area (Å²) in [5.41, 5.74) is 2.17. The molecule has 18 heavy (non-hydrogen) atoms. The fraction of sp³-hybridized carbons (Fsp3) is 0.143. The Morgan fingerprint density at radius 3 is 2.56 bits per heavy atom. The first-order chi connectivity index (χ1) is 8.63. The molecule has 0 amide bonds.